The fourth-order valence-corrected chi connectivity index (χ4v) is 3.98. The molecule has 0 spiro atoms. The van der Waals surface area contributed by atoms with Crippen LogP contribution in [0.1, 0.15) is 27.7 Å². The molecule has 0 saturated heterocycles. The zero-order valence-corrected chi connectivity index (χ0v) is 9.89. The summed E-state index contributed by atoms with van der Waals surface area (Å²) in [6, 6.07) is 4.01. The van der Waals surface area contributed by atoms with E-state index in [1.165, 1.54) is 18.1 Å². The van der Waals surface area contributed by atoms with Crippen molar-refractivity contribution in [2.45, 2.75) is 45.8 Å². The van der Waals surface area contributed by atoms with Crippen LogP contribution in [-0.4, -0.2) is 14.7 Å². The third-order valence-electron chi connectivity index (χ3n) is 2.80. The van der Waals surface area contributed by atoms with Gasteiger partial charge in [-0.25, -0.2) is 0 Å². The smallest absolute Gasteiger partial charge is 0.0844 e. The molecule has 1 nitrogen and oxygen atoms in total. The van der Waals surface area contributed by atoms with E-state index in [2.05, 4.69) is 26.5 Å². The Morgan fingerprint density at radius 3 is 1.83 bits per heavy atom. The lowest BCUT2D eigenvalue weighted by Crippen LogP contribution is -2.28. The number of hydrogen-bond donors (Lipinski definition) is 0. The van der Waals surface area contributed by atoms with Crippen molar-refractivity contribution >= 4 is 8.07 Å². The van der Waals surface area contributed by atoms with Gasteiger partial charge in [0.25, 0.3) is 0 Å². The van der Waals surface area contributed by atoms with E-state index in [4.69, 9.17) is 4.74 Å². The second kappa shape index (κ2) is 6.29. The highest BCUT2D eigenvalue weighted by Crippen LogP contribution is 2.21. The van der Waals surface area contributed by atoms with Crippen molar-refractivity contribution in [1.29, 1.82) is 0 Å². The Bertz CT molecular complexity index is 120. The third-order valence-corrected chi connectivity index (χ3v) is 7.86. The molecule has 0 aromatic carbocycles. The van der Waals surface area contributed by atoms with Gasteiger partial charge in [0.05, 0.1) is 20.9 Å². The maximum atomic E-state index is 5.25. The van der Waals surface area contributed by atoms with Crippen molar-refractivity contribution in [3.8, 4) is 0 Å². The first-order valence-electron chi connectivity index (χ1n) is 5.04. The zero-order chi connectivity index (χ0) is 9.45. The van der Waals surface area contributed by atoms with Crippen molar-refractivity contribution in [2.24, 2.45) is 0 Å². The lowest BCUT2D eigenvalue weighted by atomic mass is 10.9. The Labute approximate surface area is 77.8 Å². The Balaban J connectivity index is 4.09. The summed E-state index contributed by atoms with van der Waals surface area (Å²) in [5.41, 5.74) is 2.36. The van der Waals surface area contributed by atoms with E-state index < -0.39 is 8.07 Å². The molecule has 0 atom stereocenters. The van der Waals surface area contributed by atoms with Gasteiger partial charge in [-0.1, -0.05) is 44.6 Å². The van der Waals surface area contributed by atoms with Gasteiger partial charge in [-0.05, 0) is 6.92 Å². The van der Waals surface area contributed by atoms with Crippen LogP contribution in [0.15, 0.2) is 12.0 Å². The molecule has 0 aliphatic rings. The largest absolute Gasteiger partial charge is 0.502 e. The first-order valence-corrected chi connectivity index (χ1v) is 7.73. The molecule has 0 saturated carbocycles. The van der Waals surface area contributed by atoms with Crippen LogP contribution in [-0.2, 0) is 4.74 Å². The van der Waals surface area contributed by atoms with Crippen LogP contribution in [0.2, 0.25) is 18.1 Å². The molecule has 2 heteroatoms. The quantitative estimate of drug-likeness (QED) is 0.455. The van der Waals surface area contributed by atoms with Gasteiger partial charge in [-0.2, -0.15) is 0 Å². The normalized spacial score (nSPS) is 12.3. The van der Waals surface area contributed by atoms with Gasteiger partial charge in [-0.3, -0.25) is 0 Å². The summed E-state index contributed by atoms with van der Waals surface area (Å²) in [5, 5.41) is 0. The van der Waals surface area contributed by atoms with Gasteiger partial charge < -0.3 is 4.74 Å². The van der Waals surface area contributed by atoms with Crippen LogP contribution in [0.5, 0.6) is 0 Å². The summed E-state index contributed by atoms with van der Waals surface area (Å²) in [6.07, 6.45) is 1.92. The van der Waals surface area contributed by atoms with Crippen LogP contribution in [0.3, 0.4) is 0 Å². The minimum absolute atomic E-state index is 0.790. The molecular formula is C10H22OSi. The monoisotopic (exact) mass is 186 g/mol. The molecular weight excluding hydrogens is 164 g/mol. The molecule has 0 N–H and O–H groups in total. The maximum absolute atomic E-state index is 5.25. The van der Waals surface area contributed by atoms with Gasteiger partial charge in [-0.15, -0.1) is 0 Å². The molecule has 0 fully saturated rings. The predicted molar refractivity (Wildman–Crippen MR) is 58.0 cm³/mol. The Morgan fingerprint density at radius 2 is 1.50 bits per heavy atom. The van der Waals surface area contributed by atoms with Crippen LogP contribution in [0, 0.1) is 0 Å². The van der Waals surface area contributed by atoms with E-state index in [1.807, 2.05) is 13.2 Å². The highest BCUT2D eigenvalue weighted by atomic mass is 28.3. The van der Waals surface area contributed by atoms with E-state index in [1.54, 1.807) is 0 Å². The first kappa shape index (κ1) is 11.8. The van der Waals surface area contributed by atoms with Crippen LogP contribution in [0.25, 0.3) is 0 Å². The lowest BCUT2D eigenvalue weighted by molar-refractivity contribution is 0.269. The summed E-state index contributed by atoms with van der Waals surface area (Å²) >= 11 is 0. The molecule has 0 aliphatic heterocycles. The van der Waals surface area contributed by atoms with Gasteiger partial charge >= 0.3 is 0 Å². The highest BCUT2D eigenvalue weighted by Gasteiger charge is 2.22. The summed E-state index contributed by atoms with van der Waals surface area (Å²) in [4.78, 5) is 0. The van der Waals surface area contributed by atoms with E-state index in [-0.39, 0.29) is 0 Å². The maximum Gasteiger partial charge on any atom is 0.0844 e. The standard InChI is InChI=1S/C10H22OSi/c1-5-11-9-10-12(6-2,7-3)8-4/h9-10H,5-8H2,1-4H3/b10-9-. The van der Waals surface area contributed by atoms with Crippen molar-refractivity contribution in [3.63, 3.8) is 0 Å². The fourth-order valence-electron chi connectivity index (χ4n) is 1.39. The van der Waals surface area contributed by atoms with Crippen molar-refractivity contribution in [2.75, 3.05) is 6.61 Å². The van der Waals surface area contributed by atoms with E-state index in [9.17, 15) is 0 Å². The van der Waals surface area contributed by atoms with Gasteiger partial charge in [0.15, 0.2) is 0 Å². The molecule has 0 bridgehead atoms. The fraction of sp³-hybridized carbons (Fsp3) is 0.800. The summed E-state index contributed by atoms with van der Waals surface area (Å²) in [6.45, 7) is 9.72. The highest BCUT2D eigenvalue weighted by molar-refractivity contribution is 6.84. The number of ether oxygens (including phenoxy) is 1. The molecule has 0 aromatic heterocycles. The number of hydrogen-bond acceptors (Lipinski definition) is 1. The molecule has 0 radical (unpaired) electrons. The van der Waals surface area contributed by atoms with Gasteiger partial charge in [0.1, 0.15) is 0 Å². The summed E-state index contributed by atoms with van der Waals surface area (Å²) in [5.74, 6) is 0. The molecule has 0 aromatic rings. The predicted octanol–water partition coefficient (Wildman–Crippen LogP) is 3.58. The van der Waals surface area contributed by atoms with E-state index in [0.29, 0.717) is 0 Å². The van der Waals surface area contributed by atoms with Crippen LogP contribution in [0.4, 0.5) is 0 Å². The Morgan fingerprint density at radius 1 is 1.00 bits per heavy atom. The zero-order valence-electron chi connectivity index (χ0n) is 8.89. The van der Waals surface area contributed by atoms with Gasteiger partial charge in [0, 0.05) is 0 Å². The minimum Gasteiger partial charge on any atom is -0.502 e. The molecule has 0 amide bonds. The summed E-state index contributed by atoms with van der Waals surface area (Å²) < 4.78 is 5.25. The Kier molecular flexibility index (Phi) is 6.16. The summed E-state index contributed by atoms with van der Waals surface area (Å²) in [7, 11) is -1.06. The van der Waals surface area contributed by atoms with E-state index in [0.717, 1.165) is 6.61 Å². The molecule has 0 rings (SSSR count). The number of rotatable bonds is 6. The topological polar surface area (TPSA) is 9.23 Å². The average Bonchev–Trinajstić information content (AvgIpc) is 2.14. The van der Waals surface area contributed by atoms with Gasteiger partial charge in [0.2, 0.25) is 0 Å². The van der Waals surface area contributed by atoms with Crippen LogP contribution >= 0.6 is 0 Å². The Hall–Kier alpha value is -0.243. The second-order valence-corrected chi connectivity index (χ2v) is 8.36. The minimum atomic E-state index is -1.06. The average molecular weight is 186 g/mol. The first-order chi connectivity index (χ1) is 5.74. The van der Waals surface area contributed by atoms with Crippen molar-refractivity contribution in [3.05, 3.63) is 12.0 Å². The molecule has 72 valence electrons. The second-order valence-electron chi connectivity index (χ2n) is 3.18. The molecule has 0 unspecified atom stereocenters. The third kappa shape index (κ3) is 3.44. The molecule has 0 heterocycles. The SMILES string of the molecule is CCO/C=C\[Si](CC)(CC)CC. The molecule has 12 heavy (non-hydrogen) atoms. The van der Waals surface area contributed by atoms with Crippen molar-refractivity contribution < 1.29 is 4.74 Å². The lowest BCUT2D eigenvalue weighted by Gasteiger charge is -2.22. The van der Waals surface area contributed by atoms with Crippen molar-refractivity contribution in [1.82, 2.24) is 0 Å². The van der Waals surface area contributed by atoms with Crippen LogP contribution < -0.4 is 0 Å². The van der Waals surface area contributed by atoms with E-state index >= 15 is 0 Å². The molecule has 0 aliphatic carbocycles.